The highest BCUT2D eigenvalue weighted by molar-refractivity contribution is 7.92. The second-order valence-electron chi connectivity index (χ2n) is 3.42. The van der Waals surface area contributed by atoms with E-state index in [1.54, 1.807) is 6.92 Å². The van der Waals surface area contributed by atoms with Crippen molar-refractivity contribution < 1.29 is 17.6 Å². The van der Waals surface area contributed by atoms with E-state index in [9.17, 15) is 17.6 Å². The van der Waals surface area contributed by atoms with Crippen molar-refractivity contribution >= 4 is 21.6 Å². The fraction of sp³-hybridized carbons (Fsp3) is 0.300. The monoisotopic (exact) mass is 260 g/mol. The summed E-state index contributed by atoms with van der Waals surface area (Å²) in [6, 6.07) is 3.27. The summed E-state index contributed by atoms with van der Waals surface area (Å²) in [7, 11) is -3.51. The molecule has 0 unspecified atom stereocenters. The summed E-state index contributed by atoms with van der Waals surface area (Å²) in [6.07, 6.45) is 0.956. The summed E-state index contributed by atoms with van der Waals surface area (Å²) >= 11 is 0. The van der Waals surface area contributed by atoms with Gasteiger partial charge in [-0.05, 0) is 25.1 Å². The lowest BCUT2D eigenvalue weighted by molar-refractivity contribution is 0.0956. The molecular formula is C10H13FN2O3S. The van der Waals surface area contributed by atoms with Gasteiger partial charge in [0.2, 0.25) is 10.0 Å². The predicted molar refractivity (Wildman–Crippen MR) is 62.9 cm³/mol. The van der Waals surface area contributed by atoms with Crippen LogP contribution in [0.5, 0.6) is 0 Å². The molecule has 0 atom stereocenters. The van der Waals surface area contributed by atoms with Gasteiger partial charge in [0.15, 0.2) is 0 Å². The number of amides is 1. The van der Waals surface area contributed by atoms with Crippen LogP contribution in [0.25, 0.3) is 0 Å². The minimum Gasteiger partial charge on any atom is -0.352 e. The third-order valence-corrected chi connectivity index (χ3v) is 2.45. The standard InChI is InChI=1S/C10H13FN2O3S/c1-3-12-10(14)8-6-7(11)4-5-9(8)13-17(2,15)16/h4-6,13H,3H2,1-2H3,(H,12,14). The fourth-order valence-electron chi connectivity index (χ4n) is 1.25. The van der Waals surface area contributed by atoms with Gasteiger partial charge in [-0.25, -0.2) is 12.8 Å². The summed E-state index contributed by atoms with van der Waals surface area (Å²) in [5.74, 6) is -1.14. The van der Waals surface area contributed by atoms with Crippen LogP contribution in [0.2, 0.25) is 0 Å². The van der Waals surface area contributed by atoms with Gasteiger partial charge in [-0.3, -0.25) is 9.52 Å². The summed E-state index contributed by atoms with van der Waals surface area (Å²) in [5.41, 5.74) is 0.0112. The van der Waals surface area contributed by atoms with Crippen LogP contribution in [0, 0.1) is 5.82 Å². The van der Waals surface area contributed by atoms with Gasteiger partial charge in [0.1, 0.15) is 5.82 Å². The normalized spacial score (nSPS) is 11.0. The van der Waals surface area contributed by atoms with Crippen molar-refractivity contribution in [2.24, 2.45) is 0 Å². The molecule has 0 bridgehead atoms. The molecule has 0 saturated heterocycles. The molecule has 0 saturated carbocycles. The van der Waals surface area contributed by atoms with Crippen molar-refractivity contribution in [3.63, 3.8) is 0 Å². The Morgan fingerprint density at radius 2 is 2.06 bits per heavy atom. The molecule has 1 rings (SSSR count). The van der Waals surface area contributed by atoms with E-state index in [-0.39, 0.29) is 11.3 Å². The first-order valence-electron chi connectivity index (χ1n) is 4.89. The number of sulfonamides is 1. The highest BCUT2D eigenvalue weighted by atomic mass is 32.2. The zero-order chi connectivity index (χ0) is 13.1. The molecule has 5 nitrogen and oxygen atoms in total. The molecule has 17 heavy (non-hydrogen) atoms. The van der Waals surface area contributed by atoms with Crippen LogP contribution < -0.4 is 10.0 Å². The average molecular weight is 260 g/mol. The van der Waals surface area contributed by atoms with E-state index in [0.717, 1.165) is 18.4 Å². The highest BCUT2D eigenvalue weighted by Crippen LogP contribution is 2.18. The second-order valence-corrected chi connectivity index (χ2v) is 5.17. The molecule has 7 heteroatoms. The van der Waals surface area contributed by atoms with Crippen LogP contribution in [0.15, 0.2) is 18.2 Å². The van der Waals surface area contributed by atoms with Crippen LogP contribution in [-0.2, 0) is 10.0 Å². The number of rotatable bonds is 4. The zero-order valence-electron chi connectivity index (χ0n) is 9.45. The summed E-state index contributed by atoms with van der Waals surface area (Å²) in [5, 5.41) is 2.47. The van der Waals surface area contributed by atoms with Gasteiger partial charge in [-0.15, -0.1) is 0 Å². The van der Waals surface area contributed by atoms with Gasteiger partial charge in [-0.2, -0.15) is 0 Å². The molecule has 1 amide bonds. The smallest absolute Gasteiger partial charge is 0.253 e. The number of hydrogen-bond acceptors (Lipinski definition) is 3. The third-order valence-electron chi connectivity index (χ3n) is 1.86. The van der Waals surface area contributed by atoms with Crippen LogP contribution >= 0.6 is 0 Å². The fourth-order valence-corrected chi connectivity index (χ4v) is 1.83. The second kappa shape index (κ2) is 5.13. The molecule has 2 N–H and O–H groups in total. The largest absolute Gasteiger partial charge is 0.352 e. The Labute approximate surface area is 99.1 Å². The van der Waals surface area contributed by atoms with E-state index in [0.29, 0.717) is 6.54 Å². The predicted octanol–water partition coefficient (Wildman–Crippen LogP) is 0.947. The first-order chi connectivity index (χ1) is 7.83. The van der Waals surface area contributed by atoms with Crippen molar-refractivity contribution in [1.29, 1.82) is 0 Å². The first kappa shape index (κ1) is 13.4. The zero-order valence-corrected chi connectivity index (χ0v) is 10.3. The molecule has 0 aliphatic carbocycles. The highest BCUT2D eigenvalue weighted by Gasteiger charge is 2.14. The lowest BCUT2D eigenvalue weighted by Crippen LogP contribution is -2.24. The number of anilines is 1. The van der Waals surface area contributed by atoms with Gasteiger partial charge in [0.25, 0.3) is 5.91 Å². The Kier molecular flexibility index (Phi) is 4.06. The first-order valence-corrected chi connectivity index (χ1v) is 6.78. The molecule has 0 heterocycles. The van der Waals surface area contributed by atoms with E-state index in [1.807, 2.05) is 0 Å². The topological polar surface area (TPSA) is 75.3 Å². The Morgan fingerprint density at radius 3 is 2.59 bits per heavy atom. The Bertz CT molecular complexity index is 528. The Morgan fingerprint density at radius 1 is 1.41 bits per heavy atom. The molecule has 1 aromatic rings. The lowest BCUT2D eigenvalue weighted by Gasteiger charge is -2.10. The number of nitrogens with one attached hydrogen (secondary N) is 2. The minimum atomic E-state index is -3.51. The quantitative estimate of drug-likeness (QED) is 0.846. The number of hydrogen-bond donors (Lipinski definition) is 2. The van der Waals surface area contributed by atoms with E-state index in [4.69, 9.17) is 0 Å². The molecule has 0 aliphatic rings. The van der Waals surface area contributed by atoms with Crippen LogP contribution in [0.1, 0.15) is 17.3 Å². The van der Waals surface area contributed by atoms with E-state index < -0.39 is 21.7 Å². The lowest BCUT2D eigenvalue weighted by atomic mass is 10.1. The van der Waals surface area contributed by atoms with Crippen molar-refractivity contribution in [3.05, 3.63) is 29.6 Å². The van der Waals surface area contributed by atoms with E-state index in [2.05, 4.69) is 10.0 Å². The number of carbonyl (C=O) groups excluding carboxylic acids is 1. The summed E-state index contributed by atoms with van der Waals surface area (Å²) in [4.78, 5) is 11.6. The minimum absolute atomic E-state index is 0.0442. The van der Waals surface area contributed by atoms with Crippen LogP contribution in [-0.4, -0.2) is 27.1 Å². The average Bonchev–Trinajstić information content (AvgIpc) is 2.19. The number of halogens is 1. The Balaban J connectivity index is 3.17. The van der Waals surface area contributed by atoms with Gasteiger partial charge in [-0.1, -0.05) is 0 Å². The van der Waals surface area contributed by atoms with Crippen molar-refractivity contribution in [2.45, 2.75) is 6.92 Å². The van der Waals surface area contributed by atoms with Gasteiger partial charge in [0, 0.05) is 6.54 Å². The molecular weight excluding hydrogens is 247 g/mol. The maximum atomic E-state index is 13.0. The summed E-state index contributed by atoms with van der Waals surface area (Å²) in [6.45, 7) is 2.08. The molecule has 0 fully saturated rings. The SMILES string of the molecule is CCNC(=O)c1cc(F)ccc1NS(C)(=O)=O. The van der Waals surface area contributed by atoms with Gasteiger partial charge >= 0.3 is 0 Å². The Hall–Kier alpha value is -1.63. The molecule has 0 aromatic heterocycles. The van der Waals surface area contributed by atoms with Gasteiger partial charge < -0.3 is 5.32 Å². The molecule has 1 aromatic carbocycles. The van der Waals surface area contributed by atoms with Crippen LogP contribution in [0.3, 0.4) is 0 Å². The van der Waals surface area contributed by atoms with Crippen LogP contribution in [0.4, 0.5) is 10.1 Å². The molecule has 0 radical (unpaired) electrons. The maximum Gasteiger partial charge on any atom is 0.253 e. The summed E-state index contributed by atoms with van der Waals surface area (Å²) < 4.78 is 37.3. The van der Waals surface area contributed by atoms with Crippen molar-refractivity contribution in [2.75, 3.05) is 17.5 Å². The van der Waals surface area contributed by atoms with E-state index >= 15 is 0 Å². The maximum absolute atomic E-state index is 13.0. The van der Waals surface area contributed by atoms with E-state index in [1.165, 1.54) is 6.07 Å². The molecule has 0 aliphatic heterocycles. The molecule has 0 spiro atoms. The third kappa shape index (κ3) is 4.03. The van der Waals surface area contributed by atoms with Crippen molar-refractivity contribution in [1.82, 2.24) is 5.32 Å². The number of carbonyl (C=O) groups is 1. The molecule has 94 valence electrons. The van der Waals surface area contributed by atoms with Crippen molar-refractivity contribution in [3.8, 4) is 0 Å². The van der Waals surface area contributed by atoms with Gasteiger partial charge in [0.05, 0.1) is 17.5 Å². The number of benzene rings is 1.